The fourth-order valence-corrected chi connectivity index (χ4v) is 1.37. The van der Waals surface area contributed by atoms with Crippen molar-refractivity contribution in [2.75, 3.05) is 6.54 Å². The Morgan fingerprint density at radius 3 is 2.88 bits per heavy atom. The molecule has 1 heterocycles. The Balaban J connectivity index is 2.71. The predicted molar refractivity (Wildman–Crippen MR) is 62.4 cm³/mol. The van der Waals surface area contributed by atoms with Crippen LogP contribution in [0.5, 0.6) is 0 Å². The van der Waals surface area contributed by atoms with Gasteiger partial charge in [-0.3, -0.25) is 14.6 Å². The Morgan fingerprint density at radius 2 is 2.35 bits per heavy atom. The van der Waals surface area contributed by atoms with Gasteiger partial charge in [-0.1, -0.05) is 12.1 Å². The van der Waals surface area contributed by atoms with Gasteiger partial charge in [0, 0.05) is 25.4 Å². The van der Waals surface area contributed by atoms with Crippen molar-refractivity contribution >= 4 is 11.9 Å². The van der Waals surface area contributed by atoms with Crippen molar-refractivity contribution < 1.29 is 14.7 Å². The molecule has 1 aromatic rings. The fraction of sp³-hybridized carbons (Fsp3) is 0.250. The molecule has 1 amide bonds. The molecule has 0 aromatic carbocycles. The van der Waals surface area contributed by atoms with E-state index in [-0.39, 0.29) is 12.3 Å². The number of carbonyl (C=O) groups excluding carboxylic acids is 1. The van der Waals surface area contributed by atoms with Crippen LogP contribution in [0, 0.1) is 0 Å². The van der Waals surface area contributed by atoms with Gasteiger partial charge in [0.05, 0.1) is 5.92 Å². The number of aromatic nitrogens is 1. The summed E-state index contributed by atoms with van der Waals surface area (Å²) < 4.78 is 0. The average Bonchev–Trinajstić information content (AvgIpc) is 2.34. The molecule has 0 aliphatic rings. The van der Waals surface area contributed by atoms with Gasteiger partial charge in [-0.15, -0.1) is 6.58 Å². The summed E-state index contributed by atoms with van der Waals surface area (Å²) in [6.45, 7) is 3.80. The van der Waals surface area contributed by atoms with Crippen molar-refractivity contribution in [1.29, 1.82) is 0 Å². The summed E-state index contributed by atoms with van der Waals surface area (Å²) in [5, 5.41) is 11.6. The number of amides is 1. The van der Waals surface area contributed by atoms with Gasteiger partial charge in [0.15, 0.2) is 0 Å². The first-order valence-corrected chi connectivity index (χ1v) is 5.15. The van der Waals surface area contributed by atoms with Crippen molar-refractivity contribution in [3.05, 3.63) is 42.7 Å². The van der Waals surface area contributed by atoms with Gasteiger partial charge in [-0.25, -0.2) is 0 Å². The number of carboxylic acid groups (broad SMARTS) is 1. The summed E-state index contributed by atoms with van der Waals surface area (Å²) in [5.41, 5.74) is 0.522. The SMILES string of the molecule is C=CCNC(=O)CC(C(=O)O)c1cccnc1. The summed E-state index contributed by atoms with van der Waals surface area (Å²) in [4.78, 5) is 26.4. The third-order valence-electron chi connectivity index (χ3n) is 2.22. The number of rotatable bonds is 6. The topological polar surface area (TPSA) is 79.3 Å². The number of carbonyl (C=O) groups is 2. The molecule has 5 nitrogen and oxygen atoms in total. The first-order valence-electron chi connectivity index (χ1n) is 5.15. The van der Waals surface area contributed by atoms with Crippen LogP contribution in [-0.4, -0.2) is 28.5 Å². The number of carboxylic acids is 1. The van der Waals surface area contributed by atoms with Crippen molar-refractivity contribution in [3.8, 4) is 0 Å². The highest BCUT2D eigenvalue weighted by atomic mass is 16.4. The second-order valence-corrected chi connectivity index (χ2v) is 3.47. The molecule has 5 heteroatoms. The monoisotopic (exact) mass is 234 g/mol. The maximum Gasteiger partial charge on any atom is 0.311 e. The molecule has 0 bridgehead atoms. The van der Waals surface area contributed by atoms with E-state index in [0.29, 0.717) is 12.1 Å². The van der Waals surface area contributed by atoms with Gasteiger partial charge in [0.25, 0.3) is 0 Å². The fourth-order valence-electron chi connectivity index (χ4n) is 1.37. The van der Waals surface area contributed by atoms with E-state index in [0.717, 1.165) is 0 Å². The number of pyridine rings is 1. The van der Waals surface area contributed by atoms with Crippen LogP contribution in [0.2, 0.25) is 0 Å². The normalized spacial score (nSPS) is 11.5. The maximum atomic E-state index is 11.4. The van der Waals surface area contributed by atoms with E-state index in [2.05, 4.69) is 16.9 Å². The minimum atomic E-state index is -1.04. The Labute approximate surface area is 99.2 Å². The highest BCUT2D eigenvalue weighted by Crippen LogP contribution is 2.18. The molecule has 2 N–H and O–H groups in total. The van der Waals surface area contributed by atoms with Gasteiger partial charge in [-0.05, 0) is 11.6 Å². The van der Waals surface area contributed by atoms with Crippen molar-refractivity contribution in [1.82, 2.24) is 10.3 Å². The van der Waals surface area contributed by atoms with E-state index < -0.39 is 11.9 Å². The summed E-state index contributed by atoms with van der Waals surface area (Å²) in [5.74, 6) is -2.22. The number of nitrogens with zero attached hydrogens (tertiary/aromatic N) is 1. The molecule has 0 saturated carbocycles. The van der Waals surface area contributed by atoms with E-state index in [1.54, 1.807) is 18.3 Å². The lowest BCUT2D eigenvalue weighted by Gasteiger charge is -2.11. The molecule has 17 heavy (non-hydrogen) atoms. The van der Waals surface area contributed by atoms with Crippen LogP contribution in [0.15, 0.2) is 37.2 Å². The minimum Gasteiger partial charge on any atom is -0.481 e. The Bertz CT molecular complexity index is 403. The van der Waals surface area contributed by atoms with E-state index in [1.165, 1.54) is 12.3 Å². The standard InChI is InChI=1S/C12H14N2O3/c1-2-5-14-11(15)7-10(12(16)17)9-4-3-6-13-8-9/h2-4,6,8,10H,1,5,7H2,(H,14,15)(H,16,17). The highest BCUT2D eigenvalue weighted by molar-refractivity contribution is 5.85. The minimum absolute atomic E-state index is 0.102. The van der Waals surface area contributed by atoms with Gasteiger partial charge in [0.2, 0.25) is 5.91 Å². The zero-order valence-electron chi connectivity index (χ0n) is 9.30. The second-order valence-electron chi connectivity index (χ2n) is 3.47. The van der Waals surface area contributed by atoms with Crippen molar-refractivity contribution in [2.24, 2.45) is 0 Å². The number of hydrogen-bond acceptors (Lipinski definition) is 3. The molecule has 90 valence electrons. The summed E-state index contributed by atoms with van der Waals surface area (Å²) in [6, 6.07) is 3.29. The van der Waals surface area contributed by atoms with Crippen LogP contribution in [0.25, 0.3) is 0 Å². The van der Waals surface area contributed by atoms with Crippen LogP contribution in [0.4, 0.5) is 0 Å². The lowest BCUT2D eigenvalue weighted by molar-refractivity contribution is -0.140. The van der Waals surface area contributed by atoms with Crippen molar-refractivity contribution in [3.63, 3.8) is 0 Å². The van der Waals surface area contributed by atoms with Crippen LogP contribution < -0.4 is 5.32 Å². The molecule has 1 aromatic heterocycles. The van der Waals surface area contributed by atoms with Gasteiger partial charge in [0.1, 0.15) is 0 Å². The lowest BCUT2D eigenvalue weighted by Crippen LogP contribution is -2.27. The molecule has 1 unspecified atom stereocenters. The first-order chi connectivity index (χ1) is 8.15. The molecule has 0 saturated heterocycles. The Hall–Kier alpha value is -2.17. The zero-order chi connectivity index (χ0) is 12.7. The Morgan fingerprint density at radius 1 is 1.59 bits per heavy atom. The second kappa shape index (κ2) is 6.42. The third-order valence-corrected chi connectivity index (χ3v) is 2.22. The molecule has 0 spiro atoms. The summed E-state index contributed by atoms with van der Waals surface area (Å²) in [6.07, 6.45) is 4.45. The molecule has 1 rings (SSSR count). The number of aliphatic carboxylic acids is 1. The third kappa shape index (κ3) is 4.06. The van der Waals surface area contributed by atoms with Crippen LogP contribution >= 0.6 is 0 Å². The molecular formula is C12H14N2O3. The largest absolute Gasteiger partial charge is 0.481 e. The smallest absolute Gasteiger partial charge is 0.311 e. The molecule has 0 fully saturated rings. The summed E-state index contributed by atoms with van der Waals surface area (Å²) >= 11 is 0. The van der Waals surface area contributed by atoms with Crippen LogP contribution in [0.3, 0.4) is 0 Å². The quantitative estimate of drug-likeness (QED) is 0.718. The lowest BCUT2D eigenvalue weighted by atomic mass is 9.97. The van der Waals surface area contributed by atoms with Crippen LogP contribution in [0.1, 0.15) is 17.9 Å². The maximum absolute atomic E-state index is 11.4. The average molecular weight is 234 g/mol. The van der Waals surface area contributed by atoms with Gasteiger partial charge >= 0.3 is 5.97 Å². The number of hydrogen-bond donors (Lipinski definition) is 2. The summed E-state index contributed by atoms with van der Waals surface area (Å²) in [7, 11) is 0. The molecule has 1 atom stereocenters. The zero-order valence-corrected chi connectivity index (χ0v) is 9.30. The van der Waals surface area contributed by atoms with E-state index >= 15 is 0 Å². The van der Waals surface area contributed by atoms with Gasteiger partial charge in [-0.2, -0.15) is 0 Å². The molecule has 0 aliphatic carbocycles. The number of nitrogens with one attached hydrogen (secondary N) is 1. The van der Waals surface area contributed by atoms with E-state index in [4.69, 9.17) is 5.11 Å². The predicted octanol–water partition coefficient (Wildman–Crippen LogP) is 0.942. The first kappa shape index (κ1) is 12.9. The van der Waals surface area contributed by atoms with Crippen molar-refractivity contribution in [2.45, 2.75) is 12.3 Å². The molecule has 0 radical (unpaired) electrons. The van der Waals surface area contributed by atoms with E-state index in [9.17, 15) is 9.59 Å². The Kier molecular flexibility index (Phi) is 4.87. The molecular weight excluding hydrogens is 220 g/mol. The van der Waals surface area contributed by atoms with Crippen LogP contribution in [-0.2, 0) is 9.59 Å². The van der Waals surface area contributed by atoms with E-state index in [1.807, 2.05) is 0 Å². The highest BCUT2D eigenvalue weighted by Gasteiger charge is 2.22. The molecule has 0 aliphatic heterocycles. The van der Waals surface area contributed by atoms with Gasteiger partial charge < -0.3 is 10.4 Å².